The molecular formula is C21H20F3N7O11S2. The fourth-order valence-electron chi connectivity index (χ4n) is 3.67. The van der Waals surface area contributed by atoms with E-state index in [1.165, 1.54) is 11.6 Å². The Bertz CT molecular complexity index is 1640. The van der Waals surface area contributed by atoms with Crippen LogP contribution in [-0.2, 0) is 50.0 Å². The third-order valence-electron chi connectivity index (χ3n) is 5.44. The number of fused-ring (bicyclic) bond motifs is 1. The lowest BCUT2D eigenvalue weighted by Crippen LogP contribution is -2.75. The SMILES string of the molecule is CC(=O)OCC1=C(C(=O)O)N2C(=O)[C@@H](NC(=O)C(=NOCc3ncc[nH]3)c3csc(N)n3)[C@H]2S(=O)(=O)C1.O=C(O)C(F)(F)F. The zero-order chi connectivity index (χ0) is 33.0. The standard InChI is InChI=1S/C19H19N7O9S2.C2HF3O2/c1-8(27)34-4-9-7-37(32,33)17-13(16(29)26(17)14(9)18(30)31)24-15(28)12(10-6-36-19(20)23-10)25-35-5-11-21-2-3-22-11;3-2(4,5)1(6)7/h2-3,6,13,17H,4-5,7H2,1H3,(H2,20,23)(H,21,22)(H,24,28)(H,30,31);(H,6,7)/t13-,17-;/m1./s1. The number of thiazole rings is 1. The lowest BCUT2D eigenvalue weighted by Gasteiger charge is -2.48. The molecule has 18 nitrogen and oxygen atoms in total. The maximum Gasteiger partial charge on any atom is 0.490 e. The number of aromatic nitrogens is 3. The van der Waals surface area contributed by atoms with E-state index in [-0.39, 0.29) is 23.0 Å². The lowest BCUT2D eigenvalue weighted by molar-refractivity contribution is -0.192. The van der Waals surface area contributed by atoms with Gasteiger partial charge in [-0.1, -0.05) is 5.16 Å². The van der Waals surface area contributed by atoms with Crippen LogP contribution in [-0.4, -0.2) is 104 Å². The predicted octanol–water partition coefficient (Wildman–Crippen LogP) is -1.01. The number of hydrogen-bond acceptors (Lipinski definition) is 14. The highest BCUT2D eigenvalue weighted by atomic mass is 32.2. The van der Waals surface area contributed by atoms with Crippen LogP contribution in [0, 0.1) is 0 Å². The maximum atomic E-state index is 13.1. The van der Waals surface area contributed by atoms with Crippen LogP contribution >= 0.6 is 11.3 Å². The average molecular weight is 668 g/mol. The summed E-state index contributed by atoms with van der Waals surface area (Å²) >= 11 is 1.00. The van der Waals surface area contributed by atoms with Crippen molar-refractivity contribution < 1.29 is 65.3 Å². The molecule has 23 heteroatoms. The Morgan fingerprint density at radius 2 is 1.93 bits per heavy atom. The molecule has 4 rings (SSSR count). The van der Waals surface area contributed by atoms with Gasteiger partial charge >= 0.3 is 24.1 Å². The van der Waals surface area contributed by atoms with Gasteiger partial charge in [0, 0.05) is 30.3 Å². The normalized spacial score (nSPS) is 19.1. The molecule has 2 aromatic rings. The van der Waals surface area contributed by atoms with E-state index in [9.17, 15) is 45.9 Å². The molecule has 44 heavy (non-hydrogen) atoms. The van der Waals surface area contributed by atoms with Crippen molar-refractivity contribution in [2.24, 2.45) is 5.16 Å². The molecule has 4 heterocycles. The first-order chi connectivity index (χ1) is 20.4. The number of rotatable bonds is 9. The number of imidazole rings is 1. The molecule has 2 aliphatic rings. The quantitative estimate of drug-likeness (QED) is 0.0928. The number of carboxylic acids is 2. The van der Waals surface area contributed by atoms with Crippen LogP contribution in [0.4, 0.5) is 18.3 Å². The second-order valence-corrected chi connectivity index (χ2v) is 11.5. The van der Waals surface area contributed by atoms with E-state index in [0.29, 0.717) is 10.7 Å². The van der Waals surface area contributed by atoms with Crippen LogP contribution in [0.15, 0.2) is 34.2 Å². The first-order valence-corrected chi connectivity index (χ1v) is 14.2. The monoisotopic (exact) mass is 667 g/mol. The zero-order valence-electron chi connectivity index (χ0n) is 21.9. The summed E-state index contributed by atoms with van der Waals surface area (Å²) in [6, 6.07) is -1.62. The molecule has 2 aliphatic heterocycles. The summed E-state index contributed by atoms with van der Waals surface area (Å²) < 4.78 is 62.4. The van der Waals surface area contributed by atoms with Crippen LogP contribution in [0.1, 0.15) is 18.4 Å². The topological polar surface area (TPSA) is 274 Å². The van der Waals surface area contributed by atoms with Crippen molar-refractivity contribution in [3.8, 4) is 0 Å². The van der Waals surface area contributed by atoms with Crippen molar-refractivity contribution in [1.29, 1.82) is 0 Å². The van der Waals surface area contributed by atoms with E-state index >= 15 is 0 Å². The fourth-order valence-corrected chi connectivity index (χ4v) is 6.22. The minimum absolute atomic E-state index is 0.00404. The minimum Gasteiger partial charge on any atom is -0.477 e. The number of nitrogens with two attached hydrogens (primary N) is 1. The Labute approximate surface area is 247 Å². The van der Waals surface area contributed by atoms with Crippen LogP contribution in [0.2, 0.25) is 0 Å². The van der Waals surface area contributed by atoms with Crippen molar-refractivity contribution in [1.82, 2.24) is 25.2 Å². The number of aromatic amines is 1. The van der Waals surface area contributed by atoms with E-state index < -0.39 is 80.9 Å². The van der Waals surface area contributed by atoms with Crippen LogP contribution in [0.5, 0.6) is 0 Å². The summed E-state index contributed by atoms with van der Waals surface area (Å²) in [7, 11) is -4.19. The smallest absolute Gasteiger partial charge is 0.477 e. The largest absolute Gasteiger partial charge is 0.490 e. The Balaban J connectivity index is 0.000000676. The van der Waals surface area contributed by atoms with E-state index in [2.05, 4.69) is 25.4 Å². The van der Waals surface area contributed by atoms with Crippen molar-refractivity contribution in [3.05, 3.63) is 40.6 Å². The molecule has 0 aliphatic carbocycles. The van der Waals surface area contributed by atoms with Crippen molar-refractivity contribution in [3.63, 3.8) is 0 Å². The van der Waals surface area contributed by atoms with E-state index in [1.807, 2.05) is 0 Å². The predicted molar refractivity (Wildman–Crippen MR) is 138 cm³/mol. The van der Waals surface area contributed by atoms with Crippen LogP contribution in [0.3, 0.4) is 0 Å². The van der Waals surface area contributed by atoms with Crippen LogP contribution < -0.4 is 11.1 Å². The Hall–Kier alpha value is -5.06. The molecular weight excluding hydrogens is 647 g/mol. The van der Waals surface area contributed by atoms with Crippen molar-refractivity contribution in [2.75, 3.05) is 18.1 Å². The Kier molecular flexibility index (Phi) is 9.93. The second-order valence-electron chi connectivity index (χ2n) is 8.52. The molecule has 0 spiro atoms. The number of sulfone groups is 1. The number of anilines is 1. The molecule has 238 valence electrons. The number of hydrogen-bond donors (Lipinski definition) is 5. The van der Waals surface area contributed by atoms with Gasteiger partial charge in [0.2, 0.25) is 0 Å². The highest BCUT2D eigenvalue weighted by Gasteiger charge is 2.60. The van der Waals surface area contributed by atoms with Gasteiger partial charge in [0.25, 0.3) is 11.8 Å². The van der Waals surface area contributed by atoms with Gasteiger partial charge in [0.1, 0.15) is 29.9 Å². The Morgan fingerprint density at radius 1 is 1.27 bits per heavy atom. The highest BCUT2D eigenvalue weighted by Crippen LogP contribution is 2.37. The summed E-state index contributed by atoms with van der Waals surface area (Å²) in [6.45, 7) is 0.294. The molecule has 0 radical (unpaired) electrons. The number of oxime groups is 1. The van der Waals surface area contributed by atoms with E-state index in [0.717, 1.165) is 18.3 Å². The summed E-state index contributed by atoms with van der Waals surface area (Å²) in [4.78, 5) is 74.2. The van der Waals surface area contributed by atoms with Gasteiger partial charge in [-0.25, -0.2) is 28.0 Å². The van der Waals surface area contributed by atoms with Gasteiger partial charge in [0.05, 0.1) is 5.75 Å². The van der Waals surface area contributed by atoms with Gasteiger partial charge in [0.15, 0.2) is 32.7 Å². The number of esters is 1. The number of carbonyl (C=O) groups excluding carboxylic acids is 3. The highest BCUT2D eigenvalue weighted by molar-refractivity contribution is 7.92. The average Bonchev–Trinajstić information content (AvgIpc) is 3.59. The third-order valence-corrected chi connectivity index (χ3v) is 8.08. The van der Waals surface area contributed by atoms with Crippen LogP contribution in [0.25, 0.3) is 0 Å². The number of alkyl halides is 3. The lowest BCUT2D eigenvalue weighted by atomic mass is 10.0. The number of carbonyl (C=O) groups is 5. The first-order valence-electron chi connectivity index (χ1n) is 11.6. The molecule has 1 fully saturated rings. The first kappa shape index (κ1) is 33.4. The molecule has 0 unspecified atom stereocenters. The number of halogens is 3. The number of H-pyrrole nitrogens is 1. The van der Waals surface area contributed by atoms with Gasteiger partial charge in [-0.05, 0) is 0 Å². The fraction of sp³-hybridized carbons (Fsp3) is 0.333. The molecule has 2 amide bonds. The van der Waals surface area contributed by atoms with Crippen molar-refractivity contribution in [2.45, 2.75) is 31.1 Å². The molecule has 1 saturated heterocycles. The maximum absolute atomic E-state index is 13.1. The summed E-state index contributed by atoms with van der Waals surface area (Å²) in [5.41, 5.74) is 4.34. The van der Waals surface area contributed by atoms with Gasteiger partial charge in [-0.2, -0.15) is 13.2 Å². The number of aliphatic carboxylic acids is 2. The number of nitrogen functional groups attached to an aromatic ring is 1. The van der Waals surface area contributed by atoms with E-state index in [4.69, 9.17) is 25.2 Å². The summed E-state index contributed by atoms with van der Waals surface area (Å²) in [5, 5.41) is 22.6. The molecule has 6 N–H and O–H groups in total. The second kappa shape index (κ2) is 13.1. The number of nitrogens with one attached hydrogen (secondary N) is 2. The molecule has 0 aromatic carbocycles. The minimum atomic E-state index is -5.08. The van der Waals surface area contributed by atoms with Gasteiger partial charge in [-0.15, -0.1) is 11.3 Å². The Morgan fingerprint density at radius 3 is 2.43 bits per heavy atom. The molecule has 0 saturated carbocycles. The molecule has 2 aromatic heterocycles. The summed E-state index contributed by atoms with van der Waals surface area (Å²) in [5.74, 6) is -7.51. The number of nitrogens with zero attached hydrogens (tertiary/aromatic N) is 4. The number of amides is 2. The van der Waals surface area contributed by atoms with Gasteiger partial charge in [-0.3, -0.25) is 19.3 Å². The third kappa shape index (κ3) is 7.66. The van der Waals surface area contributed by atoms with Crippen molar-refractivity contribution >= 4 is 61.7 Å². The summed E-state index contributed by atoms with van der Waals surface area (Å²) in [6.07, 6.45) is -2.06. The van der Waals surface area contributed by atoms with Gasteiger partial charge < -0.3 is 35.8 Å². The number of β-lactam (4-membered cyclic amide) rings is 1. The molecule has 2 atom stereocenters. The number of ether oxygens (including phenoxy) is 1. The molecule has 0 bridgehead atoms. The number of carboxylic acid groups (broad SMARTS) is 2. The zero-order valence-corrected chi connectivity index (χ0v) is 23.5. The van der Waals surface area contributed by atoms with E-state index in [1.54, 1.807) is 6.20 Å².